The number of imidazole rings is 1. The van der Waals surface area contributed by atoms with Crippen LogP contribution in [0.4, 0.5) is 0 Å². The molecule has 3 aromatic rings. The van der Waals surface area contributed by atoms with Crippen LogP contribution in [0.25, 0.3) is 11.0 Å². The van der Waals surface area contributed by atoms with E-state index in [-0.39, 0.29) is 11.9 Å². The second-order valence-electron chi connectivity index (χ2n) is 6.44. The standard InChI is InChI=1S/C18H21N5O/c1-13-20-16-11-14(6-7-17(16)21(13)2)18(24)23-10-3-5-15(23)12-22-9-4-8-19-22/h4,6-9,11,15H,3,5,10,12H2,1-2H3/t15-/m1/s1. The van der Waals surface area contributed by atoms with Gasteiger partial charge in [0.25, 0.3) is 5.91 Å². The fraction of sp³-hybridized carbons (Fsp3) is 0.389. The summed E-state index contributed by atoms with van der Waals surface area (Å²) in [6.07, 6.45) is 5.79. The first-order chi connectivity index (χ1) is 11.6. The predicted molar refractivity (Wildman–Crippen MR) is 91.7 cm³/mol. The molecule has 0 bridgehead atoms. The van der Waals surface area contributed by atoms with Crippen molar-refractivity contribution in [2.75, 3.05) is 6.54 Å². The average molecular weight is 323 g/mol. The second-order valence-corrected chi connectivity index (χ2v) is 6.44. The van der Waals surface area contributed by atoms with Crippen molar-refractivity contribution in [3.05, 3.63) is 48.0 Å². The highest BCUT2D eigenvalue weighted by Gasteiger charge is 2.30. The molecule has 1 amide bonds. The Morgan fingerprint density at radius 3 is 3.04 bits per heavy atom. The highest BCUT2D eigenvalue weighted by Crippen LogP contribution is 2.23. The van der Waals surface area contributed by atoms with Crippen LogP contribution in [0, 0.1) is 6.92 Å². The Morgan fingerprint density at radius 1 is 1.38 bits per heavy atom. The highest BCUT2D eigenvalue weighted by molar-refractivity contribution is 5.97. The van der Waals surface area contributed by atoms with Crippen LogP contribution in [0.3, 0.4) is 0 Å². The van der Waals surface area contributed by atoms with E-state index in [4.69, 9.17) is 0 Å². The molecule has 2 aromatic heterocycles. The third-order valence-electron chi connectivity index (χ3n) is 4.95. The Kier molecular flexibility index (Phi) is 3.59. The molecular formula is C18H21N5O. The smallest absolute Gasteiger partial charge is 0.254 e. The zero-order chi connectivity index (χ0) is 16.7. The van der Waals surface area contributed by atoms with Crippen LogP contribution in [0.15, 0.2) is 36.7 Å². The van der Waals surface area contributed by atoms with Gasteiger partial charge in [0.15, 0.2) is 0 Å². The molecule has 1 aliphatic heterocycles. The van der Waals surface area contributed by atoms with E-state index >= 15 is 0 Å². The van der Waals surface area contributed by atoms with Crippen LogP contribution in [-0.4, -0.2) is 42.7 Å². The molecular weight excluding hydrogens is 302 g/mol. The van der Waals surface area contributed by atoms with Crippen molar-refractivity contribution < 1.29 is 4.79 Å². The maximum Gasteiger partial charge on any atom is 0.254 e. The minimum Gasteiger partial charge on any atom is -0.334 e. The van der Waals surface area contributed by atoms with Gasteiger partial charge in [-0.25, -0.2) is 4.98 Å². The summed E-state index contributed by atoms with van der Waals surface area (Å²) in [6, 6.07) is 7.93. The minimum absolute atomic E-state index is 0.0925. The van der Waals surface area contributed by atoms with Crippen LogP contribution in [-0.2, 0) is 13.6 Å². The van der Waals surface area contributed by atoms with Crippen LogP contribution in [0.5, 0.6) is 0 Å². The van der Waals surface area contributed by atoms with Crippen LogP contribution >= 0.6 is 0 Å². The quantitative estimate of drug-likeness (QED) is 0.743. The van der Waals surface area contributed by atoms with Gasteiger partial charge in [-0.3, -0.25) is 9.48 Å². The van der Waals surface area contributed by atoms with Gasteiger partial charge in [-0.2, -0.15) is 5.10 Å². The number of hydrogen-bond donors (Lipinski definition) is 0. The van der Waals surface area contributed by atoms with Gasteiger partial charge >= 0.3 is 0 Å². The van der Waals surface area contributed by atoms with E-state index in [9.17, 15) is 4.79 Å². The topological polar surface area (TPSA) is 56.0 Å². The summed E-state index contributed by atoms with van der Waals surface area (Å²) in [5, 5.41) is 4.27. The Balaban J connectivity index is 1.60. The van der Waals surface area contributed by atoms with Gasteiger partial charge in [0.2, 0.25) is 0 Å². The lowest BCUT2D eigenvalue weighted by atomic mass is 10.1. The summed E-state index contributed by atoms with van der Waals surface area (Å²) >= 11 is 0. The SMILES string of the molecule is Cc1nc2cc(C(=O)N3CCC[C@@H]3Cn3cccn3)ccc2n1C. The number of nitrogens with zero attached hydrogens (tertiary/aromatic N) is 5. The molecule has 0 saturated carbocycles. The van der Waals surface area contributed by atoms with Crippen LogP contribution < -0.4 is 0 Å². The highest BCUT2D eigenvalue weighted by atomic mass is 16.2. The first-order valence-electron chi connectivity index (χ1n) is 8.35. The summed E-state index contributed by atoms with van der Waals surface area (Å²) in [5.74, 6) is 1.04. The van der Waals surface area contributed by atoms with Gasteiger partial charge in [-0.1, -0.05) is 0 Å². The number of fused-ring (bicyclic) bond motifs is 1. The van der Waals surface area contributed by atoms with Crippen molar-refractivity contribution in [1.82, 2.24) is 24.2 Å². The van der Waals surface area contributed by atoms with Crippen LogP contribution in [0.2, 0.25) is 0 Å². The number of benzene rings is 1. The lowest BCUT2D eigenvalue weighted by Gasteiger charge is -2.24. The minimum atomic E-state index is 0.0925. The van der Waals surface area contributed by atoms with E-state index in [0.29, 0.717) is 5.56 Å². The van der Waals surface area contributed by atoms with Crippen molar-refractivity contribution >= 4 is 16.9 Å². The maximum atomic E-state index is 13.0. The summed E-state index contributed by atoms with van der Waals surface area (Å²) < 4.78 is 3.95. The first-order valence-corrected chi connectivity index (χ1v) is 8.35. The number of amides is 1. The van der Waals surface area contributed by atoms with Crippen molar-refractivity contribution in [1.29, 1.82) is 0 Å². The molecule has 1 saturated heterocycles. The molecule has 1 aliphatic rings. The normalized spacial score (nSPS) is 17.8. The van der Waals surface area contributed by atoms with E-state index in [0.717, 1.165) is 42.8 Å². The van der Waals surface area contributed by atoms with Gasteiger partial charge in [0, 0.05) is 31.5 Å². The number of hydrogen-bond acceptors (Lipinski definition) is 3. The third kappa shape index (κ3) is 2.48. The monoisotopic (exact) mass is 323 g/mol. The van der Waals surface area contributed by atoms with Crippen molar-refractivity contribution in [2.24, 2.45) is 7.05 Å². The van der Waals surface area contributed by atoms with Gasteiger partial charge in [0.05, 0.1) is 23.6 Å². The fourth-order valence-electron chi connectivity index (χ4n) is 3.54. The zero-order valence-corrected chi connectivity index (χ0v) is 14.0. The number of aromatic nitrogens is 4. The zero-order valence-electron chi connectivity index (χ0n) is 14.0. The van der Waals surface area contributed by atoms with Gasteiger partial charge in [-0.15, -0.1) is 0 Å². The van der Waals surface area contributed by atoms with Gasteiger partial charge in [0.1, 0.15) is 5.82 Å². The summed E-state index contributed by atoms with van der Waals surface area (Å²) in [4.78, 5) is 19.5. The lowest BCUT2D eigenvalue weighted by molar-refractivity contribution is 0.0722. The van der Waals surface area contributed by atoms with Gasteiger partial charge < -0.3 is 9.47 Å². The molecule has 1 aromatic carbocycles. The molecule has 124 valence electrons. The fourth-order valence-corrected chi connectivity index (χ4v) is 3.54. The molecule has 4 rings (SSSR count). The largest absolute Gasteiger partial charge is 0.334 e. The van der Waals surface area contributed by atoms with Crippen molar-refractivity contribution in [3.8, 4) is 0 Å². The molecule has 0 N–H and O–H groups in total. The molecule has 24 heavy (non-hydrogen) atoms. The molecule has 6 heteroatoms. The Hall–Kier alpha value is -2.63. The van der Waals surface area contributed by atoms with Gasteiger partial charge in [-0.05, 0) is 44.0 Å². The van der Waals surface area contributed by atoms with Crippen LogP contribution in [0.1, 0.15) is 29.0 Å². The van der Waals surface area contributed by atoms with E-state index in [1.165, 1.54) is 0 Å². The summed E-state index contributed by atoms with van der Waals surface area (Å²) in [6.45, 7) is 3.54. The maximum absolute atomic E-state index is 13.0. The molecule has 0 spiro atoms. The van der Waals surface area contributed by atoms with E-state index in [1.54, 1.807) is 6.20 Å². The second kappa shape index (κ2) is 5.78. The average Bonchev–Trinajstić information content (AvgIpc) is 3.30. The molecule has 1 atom stereocenters. The Labute approximate surface area is 140 Å². The van der Waals surface area contributed by atoms with Crippen molar-refractivity contribution in [3.63, 3.8) is 0 Å². The van der Waals surface area contributed by atoms with E-state index < -0.39 is 0 Å². The summed E-state index contributed by atoms with van der Waals surface area (Å²) in [7, 11) is 1.99. The van der Waals surface area contributed by atoms with E-state index in [1.807, 2.05) is 58.6 Å². The lowest BCUT2D eigenvalue weighted by Crippen LogP contribution is -2.38. The Bertz CT molecular complexity index is 880. The molecule has 0 radical (unpaired) electrons. The number of rotatable bonds is 3. The molecule has 6 nitrogen and oxygen atoms in total. The van der Waals surface area contributed by atoms with Crippen molar-refractivity contribution in [2.45, 2.75) is 32.4 Å². The molecule has 0 aliphatic carbocycles. The van der Waals surface area contributed by atoms with E-state index in [2.05, 4.69) is 10.1 Å². The third-order valence-corrected chi connectivity index (χ3v) is 4.95. The number of aryl methyl sites for hydroxylation is 2. The molecule has 3 heterocycles. The number of carbonyl (C=O) groups excluding carboxylic acids is 1. The Morgan fingerprint density at radius 2 is 2.25 bits per heavy atom. The first kappa shape index (κ1) is 14.9. The predicted octanol–water partition coefficient (Wildman–Crippen LogP) is 2.38. The summed E-state index contributed by atoms with van der Waals surface area (Å²) in [5.41, 5.74) is 2.65. The number of carbonyl (C=O) groups is 1. The molecule has 1 fully saturated rings. The number of likely N-dealkylation sites (tertiary alicyclic amines) is 1. The molecule has 0 unspecified atom stereocenters.